The van der Waals surface area contributed by atoms with Crippen LogP contribution in [0, 0.1) is 0 Å². The maximum atomic E-state index is 12.6. The number of para-hydroxylation sites is 1. The van der Waals surface area contributed by atoms with Gasteiger partial charge in [-0.1, -0.05) is 12.1 Å². The number of anilines is 4. The van der Waals surface area contributed by atoms with Crippen LogP contribution >= 0.6 is 0 Å². The van der Waals surface area contributed by atoms with Crippen molar-refractivity contribution in [1.29, 1.82) is 0 Å². The Kier molecular flexibility index (Phi) is 6.59. The summed E-state index contributed by atoms with van der Waals surface area (Å²) in [5, 5.41) is 13.8. The molecule has 1 aliphatic rings. The summed E-state index contributed by atoms with van der Waals surface area (Å²) in [5.74, 6) is -0.742. The van der Waals surface area contributed by atoms with E-state index in [2.05, 4.69) is 30.5 Å². The number of nitrogens with one attached hydrogen (secondary N) is 2. The Balaban J connectivity index is 1.41. The van der Waals surface area contributed by atoms with E-state index in [9.17, 15) is 18.0 Å². The van der Waals surface area contributed by atoms with Gasteiger partial charge in [-0.3, -0.25) is 4.79 Å². The van der Waals surface area contributed by atoms with Gasteiger partial charge in [0.2, 0.25) is 0 Å². The smallest absolute Gasteiger partial charge is 0.405 e. The summed E-state index contributed by atoms with van der Waals surface area (Å²) < 4.78 is 47.1. The third-order valence-corrected chi connectivity index (χ3v) is 4.79. The van der Waals surface area contributed by atoms with Crippen LogP contribution in [0.2, 0.25) is 0 Å². The van der Waals surface area contributed by atoms with Gasteiger partial charge in [0.05, 0.1) is 30.7 Å². The highest BCUT2D eigenvalue weighted by atomic mass is 19.4. The summed E-state index contributed by atoms with van der Waals surface area (Å²) in [6.07, 6.45) is -3.21. The van der Waals surface area contributed by atoms with Crippen LogP contribution in [-0.2, 0) is 4.74 Å². The van der Waals surface area contributed by atoms with Crippen molar-refractivity contribution >= 4 is 28.8 Å². The first-order valence-electron chi connectivity index (χ1n) is 10.1. The van der Waals surface area contributed by atoms with Gasteiger partial charge in [0.1, 0.15) is 5.75 Å². The van der Waals surface area contributed by atoms with Crippen molar-refractivity contribution in [2.24, 2.45) is 0 Å². The van der Waals surface area contributed by atoms with Crippen LogP contribution in [0.15, 0.2) is 60.8 Å². The highest BCUT2D eigenvalue weighted by molar-refractivity contribution is 6.06. The predicted octanol–water partition coefficient (Wildman–Crippen LogP) is 4.21. The molecule has 172 valence electrons. The predicted molar refractivity (Wildman–Crippen MR) is 116 cm³/mol. The Bertz CT molecular complexity index is 1100. The zero-order chi connectivity index (χ0) is 23.3. The zero-order valence-corrected chi connectivity index (χ0v) is 17.3. The van der Waals surface area contributed by atoms with Gasteiger partial charge in [-0.25, -0.2) is 0 Å². The number of alkyl halides is 3. The third-order valence-electron chi connectivity index (χ3n) is 4.79. The van der Waals surface area contributed by atoms with Crippen LogP contribution in [-0.4, -0.2) is 48.8 Å². The van der Waals surface area contributed by atoms with E-state index in [1.165, 1.54) is 18.2 Å². The number of ether oxygens (including phenoxy) is 2. The van der Waals surface area contributed by atoms with Gasteiger partial charge >= 0.3 is 6.36 Å². The van der Waals surface area contributed by atoms with E-state index in [0.29, 0.717) is 30.4 Å². The molecule has 2 aromatic carbocycles. The summed E-state index contributed by atoms with van der Waals surface area (Å²) in [7, 11) is 0. The molecule has 0 saturated carbocycles. The number of carbonyl (C=O) groups excluding carboxylic acids is 1. The first-order valence-corrected chi connectivity index (χ1v) is 10.1. The summed E-state index contributed by atoms with van der Waals surface area (Å²) in [6.45, 7) is 2.86. The number of amides is 1. The molecule has 1 aliphatic heterocycles. The molecule has 1 aromatic heterocycles. The first kappa shape index (κ1) is 22.3. The second kappa shape index (κ2) is 9.74. The van der Waals surface area contributed by atoms with E-state index in [-0.39, 0.29) is 5.56 Å². The minimum absolute atomic E-state index is 0.229. The summed E-state index contributed by atoms with van der Waals surface area (Å²) in [5.41, 5.74) is 1.80. The standard InChI is InChI=1S/C22H20F3N5O3/c23-22(24,25)33-19-4-2-1-3-18(19)21(31)28-16-7-5-15(6-8-16)27-20-13-17(14-26-29-20)30-9-11-32-12-10-30/h1-8,13-14H,9-12H2,(H,27,29)(H,28,31). The van der Waals surface area contributed by atoms with Crippen LogP contribution in [0.4, 0.5) is 36.1 Å². The first-order chi connectivity index (χ1) is 15.9. The highest BCUT2D eigenvalue weighted by Crippen LogP contribution is 2.27. The van der Waals surface area contributed by atoms with Crippen molar-refractivity contribution in [2.45, 2.75) is 6.36 Å². The number of benzene rings is 2. The van der Waals surface area contributed by atoms with Crippen LogP contribution < -0.4 is 20.3 Å². The fourth-order valence-electron chi connectivity index (χ4n) is 3.26. The van der Waals surface area contributed by atoms with Crippen molar-refractivity contribution in [1.82, 2.24) is 10.2 Å². The van der Waals surface area contributed by atoms with Gasteiger partial charge in [0.25, 0.3) is 5.91 Å². The number of nitrogens with zero attached hydrogens (tertiary/aromatic N) is 3. The molecule has 8 nitrogen and oxygen atoms in total. The second-order valence-electron chi connectivity index (χ2n) is 7.10. The summed E-state index contributed by atoms with van der Waals surface area (Å²) >= 11 is 0. The molecule has 1 amide bonds. The number of halogens is 3. The van der Waals surface area contributed by atoms with E-state index in [4.69, 9.17) is 4.74 Å². The molecular weight excluding hydrogens is 439 g/mol. The molecule has 3 aromatic rings. The number of morpholine rings is 1. The largest absolute Gasteiger partial charge is 0.573 e. The third kappa shape index (κ3) is 6.10. The molecule has 1 fully saturated rings. The SMILES string of the molecule is O=C(Nc1ccc(Nc2cc(N3CCOCC3)cnn2)cc1)c1ccccc1OC(F)(F)F. The van der Waals surface area contributed by atoms with Gasteiger partial charge in [-0.15, -0.1) is 18.3 Å². The molecule has 0 bridgehead atoms. The van der Waals surface area contributed by atoms with Crippen molar-refractivity contribution in [2.75, 3.05) is 41.8 Å². The molecule has 2 N–H and O–H groups in total. The Morgan fingerprint density at radius 2 is 1.73 bits per heavy atom. The Morgan fingerprint density at radius 3 is 2.45 bits per heavy atom. The van der Waals surface area contributed by atoms with E-state index in [1.54, 1.807) is 30.5 Å². The monoisotopic (exact) mass is 459 g/mol. The van der Waals surface area contributed by atoms with Crippen LogP contribution in [0.25, 0.3) is 0 Å². The minimum Gasteiger partial charge on any atom is -0.405 e. The lowest BCUT2D eigenvalue weighted by molar-refractivity contribution is -0.274. The normalized spacial score (nSPS) is 14.0. The fraction of sp³-hybridized carbons (Fsp3) is 0.227. The van der Waals surface area contributed by atoms with E-state index in [1.807, 2.05) is 6.07 Å². The molecule has 0 aliphatic carbocycles. The summed E-state index contributed by atoms with van der Waals surface area (Å²) in [6, 6.07) is 13.7. The molecular formula is C22H20F3N5O3. The van der Waals surface area contributed by atoms with Crippen molar-refractivity contribution in [3.8, 4) is 5.75 Å². The molecule has 4 rings (SSSR count). The lowest BCUT2D eigenvalue weighted by Crippen LogP contribution is -2.36. The molecule has 0 atom stereocenters. The van der Waals surface area contributed by atoms with Crippen LogP contribution in [0.1, 0.15) is 10.4 Å². The van der Waals surface area contributed by atoms with E-state index < -0.39 is 18.0 Å². The quantitative estimate of drug-likeness (QED) is 0.571. The molecule has 0 radical (unpaired) electrons. The van der Waals surface area contributed by atoms with Gasteiger partial charge in [-0.05, 0) is 36.4 Å². The number of carbonyl (C=O) groups is 1. The Hall–Kier alpha value is -3.86. The van der Waals surface area contributed by atoms with Gasteiger partial charge in [-0.2, -0.15) is 5.10 Å². The van der Waals surface area contributed by atoms with Gasteiger partial charge in [0.15, 0.2) is 5.82 Å². The van der Waals surface area contributed by atoms with Crippen molar-refractivity contribution < 1.29 is 27.4 Å². The Labute approximate surface area is 187 Å². The molecule has 1 saturated heterocycles. The highest BCUT2D eigenvalue weighted by Gasteiger charge is 2.32. The number of rotatable bonds is 6. The molecule has 0 spiro atoms. The fourth-order valence-corrected chi connectivity index (χ4v) is 3.26. The van der Waals surface area contributed by atoms with Crippen molar-refractivity contribution in [3.05, 3.63) is 66.4 Å². The average Bonchev–Trinajstić information content (AvgIpc) is 2.80. The number of hydrogen-bond donors (Lipinski definition) is 2. The van der Waals surface area contributed by atoms with Crippen LogP contribution in [0.3, 0.4) is 0 Å². The zero-order valence-electron chi connectivity index (χ0n) is 17.3. The molecule has 0 unspecified atom stereocenters. The maximum absolute atomic E-state index is 12.6. The van der Waals surface area contributed by atoms with Crippen molar-refractivity contribution in [3.63, 3.8) is 0 Å². The Morgan fingerprint density at radius 1 is 1.03 bits per heavy atom. The second-order valence-corrected chi connectivity index (χ2v) is 7.10. The number of hydrogen-bond acceptors (Lipinski definition) is 7. The summed E-state index contributed by atoms with van der Waals surface area (Å²) in [4.78, 5) is 14.6. The average molecular weight is 459 g/mol. The topological polar surface area (TPSA) is 88.6 Å². The lowest BCUT2D eigenvalue weighted by atomic mass is 10.2. The van der Waals surface area contributed by atoms with Gasteiger partial charge in [0, 0.05) is 30.5 Å². The lowest BCUT2D eigenvalue weighted by Gasteiger charge is -2.28. The van der Waals surface area contributed by atoms with Crippen LogP contribution in [0.5, 0.6) is 5.75 Å². The van der Waals surface area contributed by atoms with Gasteiger partial charge < -0.3 is 25.0 Å². The number of aromatic nitrogens is 2. The molecule has 11 heteroatoms. The van der Waals surface area contributed by atoms with E-state index in [0.717, 1.165) is 24.8 Å². The molecule has 2 heterocycles. The minimum atomic E-state index is -4.90. The van der Waals surface area contributed by atoms with E-state index >= 15 is 0 Å². The maximum Gasteiger partial charge on any atom is 0.573 e. The molecule has 33 heavy (non-hydrogen) atoms.